The quantitative estimate of drug-likeness (QED) is 0.0437. The highest BCUT2D eigenvalue weighted by atomic mass is 16.6. The third-order valence-corrected chi connectivity index (χ3v) is 17.8. The van der Waals surface area contributed by atoms with Crippen molar-refractivity contribution in [2.24, 2.45) is 5.73 Å². The molecular formula is C87H173NO28. The fourth-order valence-corrected chi connectivity index (χ4v) is 11.3. The van der Waals surface area contributed by atoms with Gasteiger partial charge in [0.25, 0.3) is 0 Å². The molecule has 0 bridgehead atoms. The molecule has 0 heterocycles. The van der Waals surface area contributed by atoms with Crippen molar-refractivity contribution in [2.45, 2.75) is 225 Å². The Morgan fingerprint density at radius 1 is 0.181 bits per heavy atom. The molecule has 0 aliphatic rings. The number of carbonyl (C=O) groups is 2. The summed E-state index contributed by atoms with van der Waals surface area (Å²) >= 11 is 0. The Labute approximate surface area is 703 Å². The molecule has 1 atom stereocenters. The van der Waals surface area contributed by atoms with E-state index in [-0.39, 0.29) is 25.2 Å². The predicted molar refractivity (Wildman–Crippen MR) is 449 cm³/mol. The van der Waals surface area contributed by atoms with Crippen molar-refractivity contribution in [2.75, 3.05) is 330 Å². The Morgan fingerprint density at radius 3 is 0.500 bits per heavy atom. The number of esters is 2. The summed E-state index contributed by atoms with van der Waals surface area (Å²) in [7, 11) is 0. The largest absolute Gasteiger partial charge is 0.462 e. The van der Waals surface area contributed by atoms with Crippen LogP contribution < -0.4 is 5.73 Å². The van der Waals surface area contributed by atoms with Crippen LogP contribution in [0.3, 0.4) is 0 Å². The van der Waals surface area contributed by atoms with E-state index in [2.05, 4.69) is 13.8 Å². The molecule has 0 aromatic carbocycles. The van der Waals surface area contributed by atoms with Gasteiger partial charge in [-0.05, 0) is 12.8 Å². The molecule has 116 heavy (non-hydrogen) atoms. The third kappa shape index (κ3) is 104. The molecule has 694 valence electrons. The molecule has 0 rings (SSSR count). The summed E-state index contributed by atoms with van der Waals surface area (Å²) in [6.07, 6.45) is 38.2. The maximum atomic E-state index is 12.9. The third-order valence-electron chi connectivity index (χ3n) is 17.8. The van der Waals surface area contributed by atoms with Crippen LogP contribution in [-0.2, 0) is 133 Å². The topological polar surface area (TPSA) is 300 Å². The summed E-state index contributed by atoms with van der Waals surface area (Å²) in [6, 6.07) is 0. The zero-order valence-electron chi connectivity index (χ0n) is 73.6. The van der Waals surface area contributed by atoms with Crippen LogP contribution >= 0.6 is 0 Å². The molecule has 29 heteroatoms. The zero-order valence-corrected chi connectivity index (χ0v) is 73.6. The monoisotopic (exact) mass is 1680 g/mol. The van der Waals surface area contributed by atoms with E-state index in [4.69, 9.17) is 129 Å². The van der Waals surface area contributed by atoms with Crippen LogP contribution in [0.4, 0.5) is 0 Å². The second-order valence-corrected chi connectivity index (χ2v) is 28.1. The van der Waals surface area contributed by atoms with Crippen molar-refractivity contribution in [1.82, 2.24) is 0 Å². The minimum atomic E-state index is -0.662. The molecule has 0 aliphatic carbocycles. The Hall–Kier alpha value is -2.06. The Kier molecular flexibility index (Phi) is 105. The van der Waals surface area contributed by atoms with Crippen molar-refractivity contribution in [1.29, 1.82) is 0 Å². The average molecular weight is 1680 g/mol. The Morgan fingerprint density at radius 2 is 0.328 bits per heavy atom. The lowest BCUT2D eigenvalue weighted by Gasteiger charge is -2.18. The maximum Gasteiger partial charge on any atom is 0.306 e. The number of hydrogen-bond donors (Lipinski definition) is 1. The van der Waals surface area contributed by atoms with E-state index in [1.165, 1.54) is 154 Å². The molecule has 1 unspecified atom stereocenters. The summed E-state index contributed by atoms with van der Waals surface area (Å²) in [6.45, 7) is 27.5. The van der Waals surface area contributed by atoms with Crippen LogP contribution in [0.15, 0.2) is 0 Å². The molecule has 0 radical (unpaired) electrons. The number of unbranched alkanes of at least 4 members (excludes halogenated alkanes) is 28. The van der Waals surface area contributed by atoms with E-state index in [1.54, 1.807) is 0 Å². The van der Waals surface area contributed by atoms with Crippen LogP contribution in [-0.4, -0.2) is 348 Å². The first kappa shape index (κ1) is 114. The van der Waals surface area contributed by atoms with Gasteiger partial charge in [-0.25, -0.2) is 0 Å². The average Bonchev–Trinajstić information content (AvgIpc) is 0.950. The maximum absolute atomic E-state index is 12.9. The van der Waals surface area contributed by atoms with Gasteiger partial charge in [-0.2, -0.15) is 0 Å². The highest BCUT2D eigenvalue weighted by molar-refractivity contribution is 5.70. The lowest BCUT2D eigenvalue weighted by Crippen LogP contribution is -2.30. The van der Waals surface area contributed by atoms with Crippen molar-refractivity contribution in [3.05, 3.63) is 0 Å². The van der Waals surface area contributed by atoms with Crippen LogP contribution in [0.5, 0.6) is 0 Å². The van der Waals surface area contributed by atoms with Crippen LogP contribution in [0.25, 0.3) is 0 Å². The fraction of sp³-hybridized carbons (Fsp3) is 0.977. The van der Waals surface area contributed by atoms with E-state index in [0.29, 0.717) is 330 Å². The smallest absolute Gasteiger partial charge is 0.306 e. The lowest BCUT2D eigenvalue weighted by atomic mass is 10.0. The van der Waals surface area contributed by atoms with Crippen LogP contribution in [0, 0.1) is 0 Å². The first-order valence-electron chi connectivity index (χ1n) is 45.5. The lowest BCUT2D eigenvalue weighted by molar-refractivity contribution is -0.163. The van der Waals surface area contributed by atoms with Gasteiger partial charge in [0.05, 0.1) is 317 Å². The molecule has 0 saturated carbocycles. The molecule has 0 amide bonds. The Bertz CT molecular complexity index is 1800. The summed E-state index contributed by atoms with van der Waals surface area (Å²) < 4.78 is 145. The normalized spacial score (nSPS) is 12.0. The molecule has 0 aromatic rings. The number of hydrogen-bond acceptors (Lipinski definition) is 29. The van der Waals surface area contributed by atoms with Gasteiger partial charge in [-0.1, -0.05) is 194 Å². The minimum absolute atomic E-state index is 0.0106. The highest BCUT2D eigenvalue weighted by Crippen LogP contribution is 2.17. The minimum Gasteiger partial charge on any atom is -0.462 e. The van der Waals surface area contributed by atoms with Crippen molar-refractivity contribution in [3.8, 4) is 0 Å². The van der Waals surface area contributed by atoms with Gasteiger partial charge in [0.15, 0.2) is 6.10 Å². The van der Waals surface area contributed by atoms with Crippen molar-refractivity contribution < 1.29 is 133 Å². The van der Waals surface area contributed by atoms with Gasteiger partial charge in [-0.15, -0.1) is 0 Å². The van der Waals surface area contributed by atoms with Crippen molar-refractivity contribution in [3.63, 3.8) is 0 Å². The van der Waals surface area contributed by atoms with Crippen LogP contribution in [0.2, 0.25) is 0 Å². The molecule has 0 fully saturated rings. The summed E-state index contributed by atoms with van der Waals surface area (Å²) in [4.78, 5) is 25.6. The van der Waals surface area contributed by atoms with Gasteiger partial charge >= 0.3 is 11.9 Å². The molecule has 0 spiro atoms. The van der Waals surface area contributed by atoms with E-state index in [9.17, 15) is 9.59 Å². The van der Waals surface area contributed by atoms with Gasteiger partial charge in [0, 0.05) is 19.4 Å². The van der Waals surface area contributed by atoms with Gasteiger partial charge in [0.1, 0.15) is 6.61 Å². The van der Waals surface area contributed by atoms with E-state index >= 15 is 0 Å². The summed E-state index contributed by atoms with van der Waals surface area (Å²) in [5.74, 6) is -0.526. The van der Waals surface area contributed by atoms with Crippen molar-refractivity contribution >= 4 is 11.9 Å². The summed E-state index contributed by atoms with van der Waals surface area (Å²) in [5.41, 5.74) is 5.36. The summed E-state index contributed by atoms with van der Waals surface area (Å²) in [5, 5.41) is 0. The zero-order chi connectivity index (χ0) is 83.1. The number of nitrogens with two attached hydrogens (primary N) is 1. The van der Waals surface area contributed by atoms with E-state index < -0.39 is 6.10 Å². The van der Waals surface area contributed by atoms with E-state index in [0.717, 1.165) is 38.5 Å². The fourth-order valence-electron chi connectivity index (χ4n) is 11.3. The second-order valence-electron chi connectivity index (χ2n) is 28.1. The predicted octanol–water partition coefficient (Wildman–Crippen LogP) is 12.3. The van der Waals surface area contributed by atoms with Gasteiger partial charge in [0.2, 0.25) is 0 Å². The molecule has 29 nitrogen and oxygen atoms in total. The van der Waals surface area contributed by atoms with Crippen LogP contribution in [0.1, 0.15) is 219 Å². The van der Waals surface area contributed by atoms with Gasteiger partial charge < -0.3 is 129 Å². The first-order chi connectivity index (χ1) is 57.6. The number of rotatable bonds is 108. The molecule has 2 N–H and O–H groups in total. The standard InChI is InChI=1S/C87H173NO28/c1-3-5-7-9-11-13-15-17-19-21-23-25-27-29-31-33-86(89)115-84-85(116-87(90)34-32-30-28-26-24-22-20-18-16-14-12-10-8-6-4-2)83-114-82-81-113-80-79-112-78-77-111-76-75-110-74-73-109-72-71-108-70-69-107-68-67-106-66-65-105-64-63-104-62-61-103-60-59-102-58-57-101-56-55-100-54-53-99-52-51-98-50-49-97-48-47-96-46-45-95-44-43-94-42-41-93-40-39-92-38-37-91-36-35-88/h85H,3-84,88H2,1-2H3. The second kappa shape index (κ2) is 107. The molecule has 0 aromatic heterocycles. The number of carbonyl (C=O) groups excluding carboxylic acids is 2. The Balaban J connectivity index is 3.57. The molecular weight excluding hydrogens is 1510 g/mol. The molecule has 0 saturated heterocycles. The van der Waals surface area contributed by atoms with E-state index in [1.807, 2.05) is 0 Å². The highest BCUT2D eigenvalue weighted by Gasteiger charge is 2.18. The molecule has 0 aliphatic heterocycles. The van der Waals surface area contributed by atoms with Gasteiger partial charge in [-0.3, -0.25) is 9.59 Å². The SMILES string of the molecule is CCCCCCCCCCCCCCCCCC(=O)OCC(COCCOCCOCCOCCOCCOCCOCCOCCOCCOCCOCCOCCOCCOCCOCCOCCOCCOCCOCCOCCOCCOCCOCCOCCN)OC(=O)CCCCCCCCCCCCCCCCC. The number of ether oxygens (including phenoxy) is 26. The first-order valence-corrected chi connectivity index (χ1v) is 45.5.